The zero-order chi connectivity index (χ0) is 10.8. The molecule has 0 N–H and O–H groups in total. The van der Waals surface area contributed by atoms with Crippen LogP contribution in [0.1, 0.15) is 23.0 Å². The van der Waals surface area contributed by atoms with Gasteiger partial charge in [-0.15, -0.1) is 0 Å². The Hall–Kier alpha value is -1.77. The van der Waals surface area contributed by atoms with Gasteiger partial charge in [-0.25, -0.2) is 4.79 Å². The molecule has 1 aromatic carbocycles. The van der Waals surface area contributed by atoms with Gasteiger partial charge >= 0.3 is 5.97 Å². The Morgan fingerprint density at radius 2 is 2.13 bits per heavy atom. The van der Waals surface area contributed by atoms with Crippen LogP contribution in [0.2, 0.25) is 0 Å². The molecule has 1 aromatic heterocycles. The first kappa shape index (κ1) is 9.77. The minimum atomic E-state index is -0.336. The van der Waals surface area contributed by atoms with Crippen molar-refractivity contribution in [3.05, 3.63) is 35.6 Å². The van der Waals surface area contributed by atoms with Crippen molar-refractivity contribution >= 4 is 16.9 Å². The Balaban J connectivity index is 2.72. The van der Waals surface area contributed by atoms with E-state index in [-0.39, 0.29) is 5.97 Å². The van der Waals surface area contributed by atoms with Gasteiger partial charge in [0.25, 0.3) is 0 Å². The van der Waals surface area contributed by atoms with Gasteiger partial charge in [0.1, 0.15) is 16.9 Å². The second-order valence-corrected chi connectivity index (χ2v) is 3.24. The Labute approximate surface area is 87.6 Å². The van der Waals surface area contributed by atoms with E-state index in [0.29, 0.717) is 17.7 Å². The zero-order valence-corrected chi connectivity index (χ0v) is 8.74. The predicted molar refractivity (Wildman–Crippen MR) is 56.9 cm³/mol. The second-order valence-electron chi connectivity index (χ2n) is 3.24. The lowest BCUT2D eigenvalue weighted by Crippen LogP contribution is -2.02. The Morgan fingerprint density at radius 3 is 2.80 bits per heavy atom. The van der Waals surface area contributed by atoms with Crippen LogP contribution in [0.5, 0.6) is 0 Å². The number of hydrogen-bond donors (Lipinski definition) is 0. The average Bonchev–Trinajstić information content (AvgIpc) is 2.66. The van der Waals surface area contributed by atoms with E-state index in [0.717, 1.165) is 11.0 Å². The Bertz CT molecular complexity index is 497. The first-order valence-electron chi connectivity index (χ1n) is 4.86. The summed E-state index contributed by atoms with van der Waals surface area (Å²) in [5.74, 6) is 0.347. The van der Waals surface area contributed by atoms with Gasteiger partial charge in [0.05, 0.1) is 7.11 Å². The molecule has 0 fully saturated rings. The summed E-state index contributed by atoms with van der Waals surface area (Å²) in [5, 5.41) is 0.821. The summed E-state index contributed by atoms with van der Waals surface area (Å²) in [5.41, 5.74) is 1.28. The number of para-hydroxylation sites is 1. The molecule has 0 amide bonds. The highest BCUT2D eigenvalue weighted by atomic mass is 16.5. The van der Waals surface area contributed by atoms with Gasteiger partial charge in [0.15, 0.2) is 0 Å². The van der Waals surface area contributed by atoms with Crippen molar-refractivity contribution in [3.63, 3.8) is 0 Å². The van der Waals surface area contributed by atoms with E-state index < -0.39 is 0 Å². The third-order valence-electron chi connectivity index (χ3n) is 2.38. The van der Waals surface area contributed by atoms with Crippen LogP contribution < -0.4 is 0 Å². The summed E-state index contributed by atoms with van der Waals surface area (Å²) < 4.78 is 10.3. The van der Waals surface area contributed by atoms with Crippen LogP contribution >= 0.6 is 0 Å². The number of hydrogen-bond acceptors (Lipinski definition) is 3. The van der Waals surface area contributed by atoms with Gasteiger partial charge in [-0.2, -0.15) is 0 Å². The molecule has 0 radical (unpaired) electrons. The van der Waals surface area contributed by atoms with E-state index in [1.807, 2.05) is 31.2 Å². The monoisotopic (exact) mass is 204 g/mol. The van der Waals surface area contributed by atoms with Crippen LogP contribution in [0.4, 0.5) is 0 Å². The van der Waals surface area contributed by atoms with Crippen molar-refractivity contribution in [1.82, 2.24) is 0 Å². The van der Waals surface area contributed by atoms with Crippen LogP contribution in [-0.4, -0.2) is 13.1 Å². The van der Waals surface area contributed by atoms with Crippen molar-refractivity contribution in [1.29, 1.82) is 0 Å². The fraction of sp³-hybridized carbons (Fsp3) is 0.250. The van der Waals surface area contributed by atoms with Crippen LogP contribution in [0.15, 0.2) is 28.7 Å². The van der Waals surface area contributed by atoms with Crippen LogP contribution in [0.25, 0.3) is 11.0 Å². The van der Waals surface area contributed by atoms with E-state index in [4.69, 9.17) is 9.15 Å². The summed E-state index contributed by atoms with van der Waals surface area (Å²) in [4.78, 5) is 11.6. The minimum absolute atomic E-state index is 0.336. The number of ether oxygens (including phenoxy) is 1. The molecular formula is C12H12O3. The van der Waals surface area contributed by atoms with E-state index in [1.165, 1.54) is 7.11 Å². The van der Waals surface area contributed by atoms with Gasteiger partial charge in [-0.05, 0) is 6.07 Å². The van der Waals surface area contributed by atoms with Gasteiger partial charge in [-0.1, -0.05) is 25.1 Å². The maximum absolute atomic E-state index is 11.6. The van der Waals surface area contributed by atoms with Crippen LogP contribution in [-0.2, 0) is 11.2 Å². The number of benzene rings is 1. The molecule has 2 rings (SSSR count). The molecule has 0 unspecified atom stereocenters. The van der Waals surface area contributed by atoms with Crippen molar-refractivity contribution in [2.45, 2.75) is 13.3 Å². The lowest BCUT2D eigenvalue weighted by atomic mass is 10.1. The standard InChI is InChI=1S/C12H12O3/c1-3-9-11(12(13)14-2)8-6-4-5-7-10(8)15-9/h4-7H,3H2,1-2H3. The number of fused-ring (bicyclic) bond motifs is 1. The zero-order valence-electron chi connectivity index (χ0n) is 8.74. The number of aryl methyl sites for hydroxylation is 1. The number of rotatable bonds is 2. The van der Waals surface area contributed by atoms with Crippen molar-refractivity contribution in [2.75, 3.05) is 7.11 Å². The maximum Gasteiger partial charge on any atom is 0.342 e. The molecule has 3 nitrogen and oxygen atoms in total. The number of carbonyl (C=O) groups excluding carboxylic acids is 1. The third kappa shape index (κ3) is 1.50. The minimum Gasteiger partial charge on any atom is -0.465 e. The van der Waals surface area contributed by atoms with E-state index in [1.54, 1.807) is 0 Å². The topological polar surface area (TPSA) is 39.4 Å². The summed E-state index contributed by atoms with van der Waals surface area (Å²) >= 11 is 0. The van der Waals surface area contributed by atoms with Gasteiger partial charge < -0.3 is 9.15 Å². The molecule has 3 heteroatoms. The normalized spacial score (nSPS) is 10.5. The first-order chi connectivity index (χ1) is 7.27. The number of carbonyl (C=O) groups is 1. The van der Waals surface area contributed by atoms with E-state index in [9.17, 15) is 4.79 Å². The lowest BCUT2D eigenvalue weighted by Gasteiger charge is -1.97. The molecule has 78 valence electrons. The highest BCUT2D eigenvalue weighted by Gasteiger charge is 2.19. The molecule has 0 atom stereocenters. The van der Waals surface area contributed by atoms with Crippen molar-refractivity contribution < 1.29 is 13.9 Å². The quantitative estimate of drug-likeness (QED) is 0.706. The van der Waals surface area contributed by atoms with Gasteiger partial charge in [-0.3, -0.25) is 0 Å². The molecule has 0 aliphatic carbocycles. The number of esters is 1. The summed E-state index contributed by atoms with van der Waals surface area (Å²) in [6.45, 7) is 1.95. The SMILES string of the molecule is CCc1oc2ccccc2c1C(=O)OC. The fourth-order valence-electron chi connectivity index (χ4n) is 1.67. The molecule has 0 bridgehead atoms. The summed E-state index contributed by atoms with van der Waals surface area (Å²) in [6, 6.07) is 7.47. The summed E-state index contributed by atoms with van der Waals surface area (Å²) in [6.07, 6.45) is 0.680. The molecule has 0 saturated heterocycles. The Morgan fingerprint density at radius 1 is 1.40 bits per heavy atom. The number of furan rings is 1. The highest BCUT2D eigenvalue weighted by molar-refractivity contribution is 6.04. The average molecular weight is 204 g/mol. The molecule has 0 aliphatic heterocycles. The van der Waals surface area contributed by atoms with Crippen molar-refractivity contribution in [2.24, 2.45) is 0 Å². The van der Waals surface area contributed by atoms with Crippen LogP contribution in [0, 0.1) is 0 Å². The predicted octanol–water partition coefficient (Wildman–Crippen LogP) is 2.78. The molecule has 1 heterocycles. The molecule has 2 aromatic rings. The van der Waals surface area contributed by atoms with Crippen molar-refractivity contribution in [3.8, 4) is 0 Å². The smallest absolute Gasteiger partial charge is 0.342 e. The summed E-state index contributed by atoms with van der Waals surface area (Å²) in [7, 11) is 1.38. The maximum atomic E-state index is 11.6. The van der Waals surface area contributed by atoms with Crippen LogP contribution in [0.3, 0.4) is 0 Å². The first-order valence-corrected chi connectivity index (χ1v) is 4.86. The fourth-order valence-corrected chi connectivity index (χ4v) is 1.67. The number of methoxy groups -OCH3 is 1. The Kier molecular flexibility index (Phi) is 2.46. The highest BCUT2D eigenvalue weighted by Crippen LogP contribution is 2.26. The molecule has 0 aliphatic rings. The second kappa shape index (κ2) is 3.77. The van der Waals surface area contributed by atoms with Gasteiger partial charge in [0.2, 0.25) is 0 Å². The molecule has 0 spiro atoms. The third-order valence-corrected chi connectivity index (χ3v) is 2.38. The molecular weight excluding hydrogens is 192 g/mol. The van der Waals surface area contributed by atoms with E-state index in [2.05, 4.69) is 0 Å². The molecule has 0 saturated carbocycles. The lowest BCUT2D eigenvalue weighted by molar-refractivity contribution is 0.0600. The molecule has 15 heavy (non-hydrogen) atoms. The van der Waals surface area contributed by atoms with Gasteiger partial charge in [0, 0.05) is 11.8 Å². The largest absolute Gasteiger partial charge is 0.465 e. The van der Waals surface area contributed by atoms with E-state index >= 15 is 0 Å².